The maximum Gasteiger partial charge on any atom is 0.220 e. The number of nitrogens with two attached hydrogens (primary N) is 1. The van der Waals surface area contributed by atoms with Crippen LogP contribution < -0.4 is 5.73 Å². The zero-order valence-corrected chi connectivity index (χ0v) is 7.13. The van der Waals surface area contributed by atoms with Crippen LogP contribution in [-0.4, -0.2) is 23.2 Å². The Kier molecular flexibility index (Phi) is 3.11. The van der Waals surface area contributed by atoms with Gasteiger partial charge in [-0.3, -0.25) is 4.79 Å². The van der Waals surface area contributed by atoms with E-state index in [2.05, 4.69) is 10.0 Å². The van der Waals surface area contributed by atoms with Gasteiger partial charge < -0.3 is 10.8 Å². The first kappa shape index (κ1) is 9.83. The van der Waals surface area contributed by atoms with Crippen LogP contribution in [0, 0.1) is 5.92 Å². The molecule has 0 heterocycles. The summed E-state index contributed by atoms with van der Waals surface area (Å²) in [5, 5.41) is 12.9. The van der Waals surface area contributed by atoms with E-state index in [-0.39, 0.29) is 5.92 Å². The topological polar surface area (TPSA) is 112 Å². The number of amides is 1. The van der Waals surface area contributed by atoms with Gasteiger partial charge in [-0.25, -0.2) is 0 Å². The van der Waals surface area contributed by atoms with Gasteiger partial charge in [0.1, 0.15) is 0 Å². The quantitative estimate of drug-likeness (QED) is 0.365. The van der Waals surface area contributed by atoms with Crippen LogP contribution in [0.4, 0.5) is 0 Å². The minimum Gasteiger partial charge on any atom is -0.393 e. The van der Waals surface area contributed by atoms with Crippen LogP contribution in [0.5, 0.6) is 0 Å². The number of aliphatic hydroxyl groups is 1. The van der Waals surface area contributed by atoms with E-state index in [1.165, 1.54) is 0 Å². The smallest absolute Gasteiger partial charge is 0.220 e. The fraction of sp³-hybridized carbons (Fsp3) is 0.857. The largest absolute Gasteiger partial charge is 0.393 e. The van der Waals surface area contributed by atoms with Crippen molar-refractivity contribution >= 4 is 5.91 Å². The Morgan fingerprint density at radius 1 is 1.62 bits per heavy atom. The van der Waals surface area contributed by atoms with Crippen LogP contribution >= 0.6 is 0 Å². The number of aliphatic hydroxyl groups excluding tert-OH is 1. The summed E-state index contributed by atoms with van der Waals surface area (Å²) in [6.45, 7) is 0. The third-order valence-electron chi connectivity index (χ3n) is 2.38. The van der Waals surface area contributed by atoms with Crippen LogP contribution in [0.3, 0.4) is 0 Å². The van der Waals surface area contributed by atoms with Crippen LogP contribution in [0.1, 0.15) is 19.3 Å². The number of primary amides is 1. The van der Waals surface area contributed by atoms with Crippen molar-refractivity contribution in [2.24, 2.45) is 16.8 Å². The molecule has 0 aliphatic heterocycles. The molecule has 0 aromatic heterocycles. The number of carbonyl (C=O) groups excluding carboxylic acids is 1. The average molecular weight is 184 g/mol. The first-order valence-electron chi connectivity index (χ1n) is 4.16. The molecule has 0 aromatic rings. The molecule has 1 rings (SSSR count). The number of azide groups is 1. The highest BCUT2D eigenvalue weighted by Crippen LogP contribution is 2.26. The van der Waals surface area contributed by atoms with Crippen molar-refractivity contribution in [2.45, 2.75) is 31.4 Å². The van der Waals surface area contributed by atoms with Crippen LogP contribution in [0.2, 0.25) is 0 Å². The lowest BCUT2D eigenvalue weighted by molar-refractivity contribution is -0.124. The van der Waals surface area contributed by atoms with E-state index in [1.54, 1.807) is 0 Å². The molecular weight excluding hydrogens is 172 g/mol. The molecule has 3 N–H and O–H groups in total. The number of carbonyl (C=O) groups is 1. The van der Waals surface area contributed by atoms with Crippen molar-refractivity contribution in [3.63, 3.8) is 0 Å². The molecular formula is C7H12N4O2. The highest BCUT2D eigenvalue weighted by atomic mass is 16.3. The highest BCUT2D eigenvalue weighted by molar-refractivity contribution is 5.76. The summed E-state index contributed by atoms with van der Waals surface area (Å²) in [5.74, 6) is -0.668. The second kappa shape index (κ2) is 4.11. The molecule has 72 valence electrons. The van der Waals surface area contributed by atoms with E-state index in [4.69, 9.17) is 11.3 Å². The molecule has 1 saturated carbocycles. The molecule has 1 fully saturated rings. The monoisotopic (exact) mass is 184 g/mol. The molecule has 3 atom stereocenters. The summed E-state index contributed by atoms with van der Waals surface area (Å²) in [7, 11) is 0. The summed E-state index contributed by atoms with van der Waals surface area (Å²) < 4.78 is 0. The van der Waals surface area contributed by atoms with Crippen molar-refractivity contribution in [3.8, 4) is 0 Å². The predicted molar refractivity (Wildman–Crippen MR) is 45.5 cm³/mol. The highest BCUT2D eigenvalue weighted by Gasteiger charge is 2.30. The van der Waals surface area contributed by atoms with Gasteiger partial charge in [-0.2, -0.15) is 0 Å². The van der Waals surface area contributed by atoms with Crippen LogP contribution in [0.25, 0.3) is 10.4 Å². The van der Waals surface area contributed by atoms with Crippen molar-refractivity contribution in [2.75, 3.05) is 0 Å². The zero-order valence-electron chi connectivity index (χ0n) is 7.13. The van der Waals surface area contributed by atoms with Gasteiger partial charge in [0, 0.05) is 10.8 Å². The minimum atomic E-state index is -0.734. The lowest BCUT2D eigenvalue weighted by Gasteiger charge is -2.28. The zero-order chi connectivity index (χ0) is 9.84. The van der Waals surface area contributed by atoms with E-state index in [0.29, 0.717) is 19.3 Å². The first-order valence-corrected chi connectivity index (χ1v) is 4.16. The molecule has 1 aliphatic rings. The molecule has 13 heavy (non-hydrogen) atoms. The molecule has 6 heteroatoms. The third kappa shape index (κ3) is 2.34. The second-order valence-corrected chi connectivity index (χ2v) is 3.25. The number of rotatable bonds is 2. The van der Waals surface area contributed by atoms with Gasteiger partial charge in [0.2, 0.25) is 5.91 Å². The molecule has 0 saturated heterocycles. The molecule has 6 nitrogen and oxygen atoms in total. The lowest BCUT2D eigenvalue weighted by atomic mass is 9.84. The second-order valence-electron chi connectivity index (χ2n) is 3.25. The molecule has 1 aliphatic carbocycles. The van der Waals surface area contributed by atoms with Crippen LogP contribution in [-0.2, 0) is 4.79 Å². The van der Waals surface area contributed by atoms with E-state index in [1.807, 2.05) is 0 Å². The maximum absolute atomic E-state index is 10.8. The minimum absolute atomic E-state index is 0.278. The van der Waals surface area contributed by atoms with Gasteiger partial charge in [-0.05, 0) is 24.8 Å². The van der Waals surface area contributed by atoms with E-state index in [9.17, 15) is 9.90 Å². The van der Waals surface area contributed by atoms with Gasteiger partial charge in [0.15, 0.2) is 0 Å². The van der Waals surface area contributed by atoms with E-state index >= 15 is 0 Å². The molecule has 0 aromatic carbocycles. The molecule has 0 radical (unpaired) electrons. The Labute approximate surface area is 75.4 Å². The van der Waals surface area contributed by atoms with Gasteiger partial charge in [0.05, 0.1) is 12.1 Å². The summed E-state index contributed by atoms with van der Waals surface area (Å²) in [5.41, 5.74) is 13.3. The SMILES string of the molecule is [N-]=[N+]=N[C@H]1CC[C@@H](C(N)=O)C[C@H]1O. The summed E-state index contributed by atoms with van der Waals surface area (Å²) in [4.78, 5) is 13.4. The fourth-order valence-corrected chi connectivity index (χ4v) is 1.59. The maximum atomic E-state index is 10.8. The average Bonchev–Trinajstić information content (AvgIpc) is 2.08. The fourth-order valence-electron chi connectivity index (χ4n) is 1.59. The number of hydrogen-bond donors (Lipinski definition) is 2. The molecule has 0 bridgehead atoms. The van der Waals surface area contributed by atoms with Crippen molar-refractivity contribution in [1.29, 1.82) is 0 Å². The van der Waals surface area contributed by atoms with Crippen LogP contribution in [0.15, 0.2) is 5.11 Å². The Morgan fingerprint density at radius 2 is 2.31 bits per heavy atom. The molecule has 0 spiro atoms. The van der Waals surface area contributed by atoms with Gasteiger partial charge in [-0.1, -0.05) is 5.11 Å². The Balaban J connectivity index is 2.56. The van der Waals surface area contributed by atoms with Gasteiger partial charge >= 0.3 is 0 Å². The summed E-state index contributed by atoms with van der Waals surface area (Å²) >= 11 is 0. The standard InChI is InChI=1S/C7H12N4O2/c8-7(13)4-1-2-5(10-11-9)6(12)3-4/h4-6,12H,1-3H2,(H2,8,13)/t4-,5+,6-/m1/s1. The van der Waals surface area contributed by atoms with E-state index < -0.39 is 18.1 Å². The number of hydrogen-bond acceptors (Lipinski definition) is 3. The first-order chi connectivity index (χ1) is 6.15. The molecule has 1 amide bonds. The van der Waals surface area contributed by atoms with Crippen molar-refractivity contribution in [3.05, 3.63) is 10.4 Å². The van der Waals surface area contributed by atoms with E-state index in [0.717, 1.165) is 0 Å². The Bertz CT molecular complexity index is 249. The van der Waals surface area contributed by atoms with Gasteiger partial charge in [-0.15, -0.1) is 0 Å². The third-order valence-corrected chi connectivity index (χ3v) is 2.38. The Morgan fingerprint density at radius 3 is 2.77 bits per heavy atom. The normalized spacial score (nSPS) is 33.5. The lowest BCUT2D eigenvalue weighted by Crippen LogP contribution is -2.37. The summed E-state index contributed by atoms with van der Waals surface area (Å²) in [6, 6.07) is -0.402. The van der Waals surface area contributed by atoms with Crippen molar-refractivity contribution in [1.82, 2.24) is 0 Å². The molecule has 0 unspecified atom stereocenters. The van der Waals surface area contributed by atoms with Gasteiger partial charge in [0.25, 0.3) is 0 Å². The predicted octanol–water partition coefficient (Wildman–Crippen LogP) is 0.312. The van der Waals surface area contributed by atoms with Crippen molar-refractivity contribution < 1.29 is 9.90 Å². The Hall–Kier alpha value is -1.26. The summed E-state index contributed by atoms with van der Waals surface area (Å²) in [6.07, 6.45) is 0.690. The number of nitrogens with zero attached hydrogens (tertiary/aromatic N) is 3.